The number of aryl methyl sites for hydroxylation is 1. The van der Waals surface area contributed by atoms with Crippen LogP contribution in [0, 0.1) is 0 Å². The molecule has 1 atom stereocenters. The second-order valence-electron chi connectivity index (χ2n) is 5.32. The third-order valence-corrected chi connectivity index (χ3v) is 3.88. The lowest BCUT2D eigenvalue weighted by atomic mass is 10.0. The molecule has 6 nitrogen and oxygen atoms in total. The SMILES string of the molecule is CCc1occc1C(=O)NC(C(=O)O)c1ccc2c(c1)CCO2. The Hall–Kier alpha value is -2.76. The molecule has 0 saturated carbocycles. The van der Waals surface area contributed by atoms with Crippen LogP contribution in [0.1, 0.15) is 40.2 Å². The zero-order valence-electron chi connectivity index (χ0n) is 12.7. The maximum absolute atomic E-state index is 12.3. The molecule has 2 aromatic rings. The summed E-state index contributed by atoms with van der Waals surface area (Å²) < 4.78 is 10.6. The number of carbonyl (C=O) groups is 2. The molecule has 0 aliphatic carbocycles. The van der Waals surface area contributed by atoms with Crippen LogP contribution in [0.15, 0.2) is 34.9 Å². The van der Waals surface area contributed by atoms with E-state index in [9.17, 15) is 14.7 Å². The van der Waals surface area contributed by atoms with Crippen molar-refractivity contribution in [2.75, 3.05) is 6.61 Å². The molecule has 0 fully saturated rings. The first kappa shape index (κ1) is 15.1. The van der Waals surface area contributed by atoms with Crippen molar-refractivity contribution in [2.45, 2.75) is 25.8 Å². The first-order valence-electron chi connectivity index (χ1n) is 7.45. The standard InChI is InChI=1S/C17H17NO5/c1-2-13-12(6-8-22-13)16(19)18-15(17(20)21)11-3-4-14-10(9-11)5-7-23-14/h3-4,6,8-9,15H,2,5,7H2,1H3,(H,18,19)(H,20,21). The van der Waals surface area contributed by atoms with Crippen LogP contribution in [0.3, 0.4) is 0 Å². The molecule has 1 unspecified atom stereocenters. The van der Waals surface area contributed by atoms with Crippen LogP contribution in [-0.2, 0) is 17.6 Å². The van der Waals surface area contributed by atoms with Gasteiger partial charge in [0.25, 0.3) is 5.91 Å². The molecule has 0 radical (unpaired) electrons. The number of benzene rings is 1. The lowest BCUT2D eigenvalue weighted by Gasteiger charge is -2.15. The Morgan fingerprint density at radius 1 is 1.35 bits per heavy atom. The van der Waals surface area contributed by atoms with Gasteiger partial charge in [0.2, 0.25) is 0 Å². The zero-order chi connectivity index (χ0) is 16.4. The molecule has 0 spiro atoms. The lowest BCUT2D eigenvalue weighted by molar-refractivity contribution is -0.139. The summed E-state index contributed by atoms with van der Waals surface area (Å²) in [5, 5.41) is 12.0. The van der Waals surface area contributed by atoms with Crippen molar-refractivity contribution in [1.29, 1.82) is 0 Å². The molecule has 3 rings (SSSR count). The van der Waals surface area contributed by atoms with Gasteiger partial charge in [0.15, 0.2) is 6.04 Å². The summed E-state index contributed by atoms with van der Waals surface area (Å²) >= 11 is 0. The minimum absolute atomic E-state index is 0.364. The number of carbonyl (C=O) groups excluding carboxylic acids is 1. The highest BCUT2D eigenvalue weighted by Gasteiger charge is 2.26. The van der Waals surface area contributed by atoms with Crippen LogP contribution in [-0.4, -0.2) is 23.6 Å². The minimum atomic E-state index is -1.12. The van der Waals surface area contributed by atoms with Crippen molar-refractivity contribution in [3.05, 3.63) is 53.0 Å². The van der Waals surface area contributed by atoms with Crippen LogP contribution >= 0.6 is 0 Å². The van der Waals surface area contributed by atoms with Gasteiger partial charge < -0.3 is 19.6 Å². The van der Waals surface area contributed by atoms with E-state index >= 15 is 0 Å². The molecule has 23 heavy (non-hydrogen) atoms. The molecule has 0 saturated heterocycles. The van der Waals surface area contributed by atoms with E-state index < -0.39 is 17.9 Å². The summed E-state index contributed by atoms with van der Waals surface area (Å²) in [5.74, 6) is -0.264. The maximum atomic E-state index is 12.3. The number of nitrogens with one attached hydrogen (secondary N) is 1. The highest BCUT2D eigenvalue weighted by atomic mass is 16.5. The summed E-state index contributed by atoms with van der Waals surface area (Å²) in [6.07, 6.45) is 2.73. The molecule has 2 heterocycles. The topological polar surface area (TPSA) is 88.8 Å². The van der Waals surface area contributed by atoms with Crippen molar-refractivity contribution >= 4 is 11.9 Å². The first-order valence-corrected chi connectivity index (χ1v) is 7.45. The van der Waals surface area contributed by atoms with Crippen LogP contribution in [0.25, 0.3) is 0 Å². The van der Waals surface area contributed by atoms with Crippen LogP contribution in [0.2, 0.25) is 0 Å². The fraction of sp³-hybridized carbons (Fsp3) is 0.294. The van der Waals surface area contributed by atoms with Gasteiger partial charge in [-0.05, 0) is 29.3 Å². The van der Waals surface area contributed by atoms with Crippen LogP contribution in [0.4, 0.5) is 0 Å². The number of ether oxygens (including phenoxy) is 1. The number of carboxylic acid groups (broad SMARTS) is 1. The molecule has 6 heteroatoms. The van der Waals surface area contributed by atoms with Crippen molar-refractivity contribution in [2.24, 2.45) is 0 Å². The number of carboxylic acids is 1. The van der Waals surface area contributed by atoms with Gasteiger partial charge in [-0.25, -0.2) is 4.79 Å². The molecule has 120 valence electrons. The zero-order valence-corrected chi connectivity index (χ0v) is 12.7. The van der Waals surface area contributed by atoms with Gasteiger partial charge in [0.05, 0.1) is 18.4 Å². The van der Waals surface area contributed by atoms with E-state index in [1.807, 2.05) is 6.92 Å². The van der Waals surface area contributed by atoms with Gasteiger partial charge in [-0.1, -0.05) is 13.0 Å². The van der Waals surface area contributed by atoms with E-state index in [4.69, 9.17) is 9.15 Å². The Morgan fingerprint density at radius 2 is 2.17 bits per heavy atom. The normalized spacial score (nSPS) is 14.0. The molecule has 1 aliphatic heterocycles. The second-order valence-corrected chi connectivity index (χ2v) is 5.32. The molecule has 1 aromatic heterocycles. The van der Waals surface area contributed by atoms with Crippen LogP contribution < -0.4 is 10.1 Å². The maximum Gasteiger partial charge on any atom is 0.330 e. The van der Waals surface area contributed by atoms with Crippen molar-refractivity contribution in [3.63, 3.8) is 0 Å². The third-order valence-electron chi connectivity index (χ3n) is 3.88. The van der Waals surface area contributed by atoms with E-state index in [1.165, 1.54) is 6.26 Å². The summed E-state index contributed by atoms with van der Waals surface area (Å²) in [4.78, 5) is 23.9. The average Bonchev–Trinajstić information content (AvgIpc) is 3.19. The highest BCUT2D eigenvalue weighted by molar-refractivity contribution is 5.97. The molecular formula is C17H17NO5. The highest BCUT2D eigenvalue weighted by Crippen LogP contribution is 2.28. The smallest absolute Gasteiger partial charge is 0.330 e. The van der Waals surface area contributed by atoms with Gasteiger partial charge in [0, 0.05) is 12.8 Å². The average molecular weight is 315 g/mol. The van der Waals surface area contributed by atoms with Gasteiger partial charge in [-0.2, -0.15) is 0 Å². The minimum Gasteiger partial charge on any atom is -0.493 e. The lowest BCUT2D eigenvalue weighted by Crippen LogP contribution is -2.34. The Balaban J connectivity index is 1.85. The predicted octanol–water partition coefficient (Wildman–Crippen LogP) is 2.33. The van der Waals surface area contributed by atoms with Crippen molar-refractivity contribution in [3.8, 4) is 5.75 Å². The Labute approximate surface area is 133 Å². The molecular weight excluding hydrogens is 298 g/mol. The van der Waals surface area contributed by atoms with E-state index in [-0.39, 0.29) is 0 Å². The molecule has 1 amide bonds. The number of rotatable bonds is 5. The first-order chi connectivity index (χ1) is 11.1. The van der Waals surface area contributed by atoms with Gasteiger partial charge in [-0.3, -0.25) is 4.79 Å². The van der Waals surface area contributed by atoms with E-state index in [2.05, 4.69) is 5.32 Å². The number of fused-ring (bicyclic) bond motifs is 1. The summed E-state index contributed by atoms with van der Waals surface area (Å²) in [6, 6.07) is 5.61. The van der Waals surface area contributed by atoms with Crippen molar-refractivity contribution < 1.29 is 23.8 Å². The van der Waals surface area contributed by atoms with Gasteiger partial charge in [0.1, 0.15) is 11.5 Å². The third kappa shape index (κ3) is 2.92. The van der Waals surface area contributed by atoms with E-state index in [1.54, 1.807) is 24.3 Å². The largest absolute Gasteiger partial charge is 0.493 e. The number of furan rings is 1. The Morgan fingerprint density at radius 3 is 2.91 bits per heavy atom. The van der Waals surface area contributed by atoms with Crippen molar-refractivity contribution in [1.82, 2.24) is 5.32 Å². The quantitative estimate of drug-likeness (QED) is 0.884. The number of aliphatic carboxylic acids is 1. The molecule has 1 aromatic carbocycles. The molecule has 2 N–H and O–H groups in total. The number of hydrogen-bond acceptors (Lipinski definition) is 4. The summed E-state index contributed by atoms with van der Waals surface area (Å²) in [5.41, 5.74) is 1.85. The van der Waals surface area contributed by atoms with Crippen LogP contribution in [0.5, 0.6) is 5.75 Å². The number of amides is 1. The fourth-order valence-electron chi connectivity index (χ4n) is 2.70. The van der Waals surface area contributed by atoms with E-state index in [0.29, 0.717) is 29.9 Å². The number of hydrogen-bond donors (Lipinski definition) is 2. The summed E-state index contributed by atoms with van der Waals surface area (Å²) in [6.45, 7) is 2.46. The second kappa shape index (κ2) is 6.16. The summed E-state index contributed by atoms with van der Waals surface area (Å²) in [7, 11) is 0. The fourth-order valence-corrected chi connectivity index (χ4v) is 2.70. The monoisotopic (exact) mass is 315 g/mol. The predicted molar refractivity (Wildman–Crippen MR) is 81.6 cm³/mol. The Kier molecular flexibility index (Phi) is 4.06. The van der Waals surface area contributed by atoms with Gasteiger partial charge in [-0.15, -0.1) is 0 Å². The molecule has 0 bridgehead atoms. The molecule has 1 aliphatic rings. The van der Waals surface area contributed by atoms with Gasteiger partial charge >= 0.3 is 5.97 Å². The van der Waals surface area contributed by atoms with E-state index in [0.717, 1.165) is 17.7 Å². The Bertz CT molecular complexity index is 749.